The van der Waals surface area contributed by atoms with E-state index in [-0.39, 0.29) is 16.9 Å². The van der Waals surface area contributed by atoms with Crippen molar-refractivity contribution in [3.05, 3.63) is 53.0 Å². The molecule has 1 aromatic carbocycles. The lowest BCUT2D eigenvalue weighted by atomic mass is 9.97. The highest BCUT2D eigenvalue weighted by atomic mass is 19.1. The van der Waals surface area contributed by atoms with Gasteiger partial charge in [0.15, 0.2) is 0 Å². The molecule has 3 rings (SSSR count). The van der Waals surface area contributed by atoms with Crippen LogP contribution in [0.3, 0.4) is 0 Å². The van der Waals surface area contributed by atoms with Gasteiger partial charge < -0.3 is 0 Å². The number of imidazole rings is 1. The first kappa shape index (κ1) is 15.5. The molecule has 0 saturated heterocycles. The maximum absolute atomic E-state index is 13.9. The van der Waals surface area contributed by atoms with Crippen molar-refractivity contribution >= 4 is 11.0 Å². The van der Waals surface area contributed by atoms with Gasteiger partial charge in [-0.05, 0) is 29.2 Å². The van der Waals surface area contributed by atoms with Crippen LogP contribution in [0.4, 0.5) is 4.39 Å². The van der Waals surface area contributed by atoms with E-state index in [1.54, 1.807) is 28.4 Å². The zero-order valence-electron chi connectivity index (χ0n) is 13.8. The molecular weight excluding hydrogens is 293 g/mol. The van der Waals surface area contributed by atoms with Gasteiger partial charge in [-0.2, -0.15) is 0 Å². The first-order chi connectivity index (χ1) is 10.8. The van der Waals surface area contributed by atoms with Crippen LogP contribution in [0.1, 0.15) is 20.8 Å². The summed E-state index contributed by atoms with van der Waals surface area (Å²) in [6.07, 6.45) is 2.76. The summed E-state index contributed by atoms with van der Waals surface area (Å²) in [5, 5.41) is 0. The van der Waals surface area contributed by atoms with E-state index in [0.717, 1.165) is 16.6 Å². The third-order valence-corrected chi connectivity index (χ3v) is 3.86. The second kappa shape index (κ2) is 5.33. The van der Waals surface area contributed by atoms with E-state index in [1.165, 1.54) is 6.20 Å². The van der Waals surface area contributed by atoms with Gasteiger partial charge in [-0.3, -0.25) is 14.1 Å². The number of hydrogen-bond donors (Lipinski definition) is 0. The van der Waals surface area contributed by atoms with E-state index in [0.29, 0.717) is 12.1 Å². The number of hydrogen-bond acceptors (Lipinski definition) is 2. The largest absolute Gasteiger partial charge is 0.328 e. The molecule has 5 heteroatoms. The molecular formula is C18H20FN3O. The smallest absolute Gasteiger partial charge is 0.295 e. The Morgan fingerprint density at radius 2 is 1.91 bits per heavy atom. The van der Waals surface area contributed by atoms with Crippen molar-refractivity contribution in [3.8, 4) is 11.1 Å². The summed E-state index contributed by atoms with van der Waals surface area (Å²) in [7, 11) is 1.75. The zero-order chi connectivity index (χ0) is 16.8. The van der Waals surface area contributed by atoms with Crippen molar-refractivity contribution in [3.63, 3.8) is 0 Å². The van der Waals surface area contributed by atoms with Gasteiger partial charge in [0.2, 0.25) is 0 Å². The van der Waals surface area contributed by atoms with E-state index in [9.17, 15) is 9.18 Å². The normalized spacial score (nSPS) is 12.0. The Labute approximate surface area is 134 Å². The minimum atomic E-state index is -0.369. The first-order valence-electron chi connectivity index (χ1n) is 7.57. The Morgan fingerprint density at radius 1 is 1.17 bits per heavy atom. The molecule has 0 saturated carbocycles. The summed E-state index contributed by atoms with van der Waals surface area (Å²) >= 11 is 0. The molecule has 120 valence electrons. The minimum Gasteiger partial charge on any atom is -0.295 e. The molecule has 0 unspecified atom stereocenters. The predicted octanol–water partition coefficient (Wildman–Crippen LogP) is 3.59. The third kappa shape index (κ3) is 2.79. The Morgan fingerprint density at radius 3 is 2.57 bits per heavy atom. The molecule has 4 nitrogen and oxygen atoms in total. The van der Waals surface area contributed by atoms with Crippen LogP contribution in [0.5, 0.6) is 0 Å². The van der Waals surface area contributed by atoms with Crippen molar-refractivity contribution in [2.75, 3.05) is 0 Å². The van der Waals surface area contributed by atoms with E-state index >= 15 is 0 Å². The second-order valence-electron chi connectivity index (χ2n) is 7.05. The first-order valence-corrected chi connectivity index (χ1v) is 7.57. The average molecular weight is 313 g/mol. The third-order valence-electron chi connectivity index (χ3n) is 3.86. The molecule has 0 fully saturated rings. The average Bonchev–Trinajstić information content (AvgIpc) is 2.71. The Hall–Kier alpha value is -2.43. The number of halogens is 1. The summed E-state index contributed by atoms with van der Waals surface area (Å²) in [4.78, 5) is 16.3. The molecule has 0 N–H and O–H groups in total. The maximum atomic E-state index is 13.9. The summed E-state index contributed by atoms with van der Waals surface area (Å²) in [6, 6.07) is 7.23. The molecule has 0 spiro atoms. The van der Waals surface area contributed by atoms with Gasteiger partial charge in [0.05, 0.1) is 17.2 Å². The number of rotatable bonds is 2. The van der Waals surface area contributed by atoms with Crippen molar-refractivity contribution < 1.29 is 4.39 Å². The fourth-order valence-electron chi connectivity index (χ4n) is 2.81. The Bertz CT molecular complexity index is 932. The number of fused-ring (bicyclic) bond motifs is 1. The molecule has 23 heavy (non-hydrogen) atoms. The topological polar surface area (TPSA) is 39.8 Å². The number of aromatic nitrogens is 3. The van der Waals surface area contributed by atoms with Crippen molar-refractivity contribution in [1.29, 1.82) is 0 Å². The molecule has 3 aromatic rings. The highest BCUT2D eigenvalue weighted by Gasteiger charge is 2.18. The van der Waals surface area contributed by atoms with Crippen molar-refractivity contribution in [1.82, 2.24) is 14.1 Å². The summed E-state index contributed by atoms with van der Waals surface area (Å²) in [5.74, 6) is -0.369. The fourth-order valence-corrected chi connectivity index (χ4v) is 2.81. The Balaban J connectivity index is 2.21. The van der Waals surface area contributed by atoms with Gasteiger partial charge in [0, 0.05) is 25.4 Å². The van der Waals surface area contributed by atoms with Crippen LogP contribution in [0.15, 0.2) is 41.5 Å². The monoisotopic (exact) mass is 313 g/mol. The van der Waals surface area contributed by atoms with E-state index in [2.05, 4.69) is 25.8 Å². The van der Waals surface area contributed by atoms with Gasteiger partial charge in [-0.15, -0.1) is 0 Å². The molecule has 0 aliphatic rings. The van der Waals surface area contributed by atoms with Gasteiger partial charge in [0.1, 0.15) is 5.82 Å². The van der Waals surface area contributed by atoms with E-state index in [1.807, 2.05) is 18.2 Å². The number of pyridine rings is 1. The van der Waals surface area contributed by atoms with Gasteiger partial charge in [-0.25, -0.2) is 9.18 Å². The molecule has 2 aromatic heterocycles. The molecule has 0 radical (unpaired) electrons. The standard InChI is InChI=1S/C18H20FN3O/c1-18(2,3)11-22-15-6-5-12(9-16(15)21(4)17(22)23)13-7-8-20-10-14(13)19/h5-10H,11H2,1-4H3. The number of aryl methyl sites for hydroxylation is 1. The van der Waals surface area contributed by atoms with Crippen LogP contribution < -0.4 is 5.69 Å². The van der Waals surface area contributed by atoms with Crippen molar-refractivity contribution in [2.45, 2.75) is 27.3 Å². The van der Waals surface area contributed by atoms with Crippen molar-refractivity contribution in [2.24, 2.45) is 12.5 Å². The highest BCUT2D eigenvalue weighted by Crippen LogP contribution is 2.27. The van der Waals surface area contributed by atoms with Gasteiger partial charge >= 0.3 is 5.69 Å². The molecule has 0 aliphatic carbocycles. The van der Waals surface area contributed by atoms with Crippen LogP contribution in [0.2, 0.25) is 0 Å². The molecule has 2 heterocycles. The van der Waals surface area contributed by atoms with E-state index in [4.69, 9.17) is 0 Å². The van der Waals surface area contributed by atoms with Gasteiger partial charge in [-0.1, -0.05) is 26.8 Å². The molecule has 0 bridgehead atoms. The van der Waals surface area contributed by atoms with Crippen LogP contribution in [0.25, 0.3) is 22.2 Å². The van der Waals surface area contributed by atoms with Crippen LogP contribution in [-0.4, -0.2) is 14.1 Å². The number of nitrogens with zero attached hydrogens (tertiary/aromatic N) is 3. The zero-order valence-corrected chi connectivity index (χ0v) is 13.8. The maximum Gasteiger partial charge on any atom is 0.328 e. The second-order valence-corrected chi connectivity index (χ2v) is 7.05. The summed E-state index contributed by atoms with van der Waals surface area (Å²) in [6.45, 7) is 6.92. The summed E-state index contributed by atoms with van der Waals surface area (Å²) < 4.78 is 17.3. The quantitative estimate of drug-likeness (QED) is 0.725. The fraction of sp³-hybridized carbons (Fsp3) is 0.333. The van der Waals surface area contributed by atoms with Crippen LogP contribution in [-0.2, 0) is 13.6 Å². The lowest BCUT2D eigenvalue weighted by molar-refractivity contribution is 0.342. The minimum absolute atomic E-state index is 0.00596. The SMILES string of the molecule is Cn1c(=O)n(CC(C)(C)C)c2ccc(-c3ccncc3F)cc21. The van der Waals surface area contributed by atoms with Gasteiger partial charge in [0.25, 0.3) is 0 Å². The van der Waals surface area contributed by atoms with E-state index < -0.39 is 0 Å². The predicted molar refractivity (Wildman–Crippen MR) is 89.8 cm³/mol. The lowest BCUT2D eigenvalue weighted by Crippen LogP contribution is -2.27. The summed E-state index contributed by atoms with van der Waals surface area (Å²) in [5.41, 5.74) is 2.83. The Kier molecular flexibility index (Phi) is 3.59. The van der Waals surface area contributed by atoms with Crippen LogP contribution in [0, 0.1) is 11.2 Å². The lowest BCUT2D eigenvalue weighted by Gasteiger charge is -2.18. The molecule has 0 amide bonds. The number of benzene rings is 1. The highest BCUT2D eigenvalue weighted by molar-refractivity contribution is 5.82. The van der Waals surface area contributed by atoms with Crippen LogP contribution >= 0.6 is 0 Å². The molecule has 0 atom stereocenters. The molecule has 0 aliphatic heterocycles.